The Labute approximate surface area is 124 Å². The highest BCUT2D eigenvalue weighted by Crippen LogP contribution is 2.33. The Morgan fingerprint density at radius 1 is 1.00 bits per heavy atom. The zero-order valence-electron chi connectivity index (χ0n) is 12.8. The molecule has 0 N–H and O–H groups in total. The van der Waals surface area contributed by atoms with Crippen LogP contribution >= 0.6 is 0 Å². The zero-order valence-corrected chi connectivity index (χ0v) is 12.8. The van der Waals surface area contributed by atoms with Gasteiger partial charge in [-0.2, -0.15) is 0 Å². The van der Waals surface area contributed by atoms with Crippen LogP contribution in [0, 0.1) is 0 Å². The second kappa shape index (κ2) is 4.92. The minimum atomic E-state index is 0.0240. The molecular formula is C18H19NO2. The number of nitrogens with zero attached hydrogens (tertiary/aromatic N) is 1. The van der Waals surface area contributed by atoms with E-state index in [1.165, 1.54) is 5.56 Å². The van der Waals surface area contributed by atoms with Crippen molar-refractivity contribution in [2.45, 2.75) is 26.2 Å². The number of benzene rings is 2. The van der Waals surface area contributed by atoms with E-state index in [0.717, 1.165) is 22.4 Å². The standard InChI is InChI=1S/C18H19NO2/c1-18(2,3)14-6-5-7-15-16(14)21-17(19-15)12-8-10-13(20-4)11-9-12/h5-11H,1-4H3. The van der Waals surface area contributed by atoms with Crippen LogP contribution in [0.4, 0.5) is 0 Å². The molecule has 3 heteroatoms. The van der Waals surface area contributed by atoms with Crippen LogP contribution in [0.3, 0.4) is 0 Å². The van der Waals surface area contributed by atoms with Gasteiger partial charge in [-0.3, -0.25) is 0 Å². The van der Waals surface area contributed by atoms with E-state index < -0.39 is 0 Å². The highest BCUT2D eigenvalue weighted by atomic mass is 16.5. The molecule has 0 spiro atoms. The molecule has 2 aromatic carbocycles. The van der Waals surface area contributed by atoms with Crippen LogP contribution in [-0.4, -0.2) is 12.1 Å². The first-order valence-electron chi connectivity index (χ1n) is 7.03. The number of aromatic nitrogens is 1. The van der Waals surface area contributed by atoms with Crippen LogP contribution in [0.1, 0.15) is 26.3 Å². The van der Waals surface area contributed by atoms with E-state index in [4.69, 9.17) is 9.15 Å². The predicted molar refractivity (Wildman–Crippen MR) is 84.7 cm³/mol. The fourth-order valence-electron chi connectivity index (χ4n) is 2.40. The molecule has 3 rings (SSSR count). The molecule has 108 valence electrons. The van der Waals surface area contributed by atoms with Gasteiger partial charge in [0.25, 0.3) is 0 Å². The van der Waals surface area contributed by atoms with Crippen molar-refractivity contribution in [2.75, 3.05) is 7.11 Å². The Morgan fingerprint density at radius 2 is 1.71 bits per heavy atom. The van der Waals surface area contributed by atoms with Crippen LogP contribution in [0.5, 0.6) is 5.75 Å². The maximum Gasteiger partial charge on any atom is 0.227 e. The van der Waals surface area contributed by atoms with Crippen molar-refractivity contribution >= 4 is 11.1 Å². The van der Waals surface area contributed by atoms with Gasteiger partial charge in [0, 0.05) is 11.1 Å². The number of hydrogen-bond donors (Lipinski definition) is 0. The van der Waals surface area contributed by atoms with Crippen LogP contribution < -0.4 is 4.74 Å². The summed E-state index contributed by atoms with van der Waals surface area (Å²) < 4.78 is 11.2. The molecule has 0 aliphatic rings. The van der Waals surface area contributed by atoms with E-state index in [-0.39, 0.29) is 5.41 Å². The van der Waals surface area contributed by atoms with Crippen LogP contribution in [-0.2, 0) is 5.41 Å². The molecule has 0 amide bonds. The Kier molecular flexibility index (Phi) is 3.20. The maximum absolute atomic E-state index is 6.03. The molecule has 0 aliphatic heterocycles. The van der Waals surface area contributed by atoms with Gasteiger partial charge in [-0.1, -0.05) is 32.9 Å². The first-order chi connectivity index (χ1) is 9.99. The topological polar surface area (TPSA) is 35.3 Å². The lowest BCUT2D eigenvalue weighted by molar-refractivity contribution is 0.415. The Morgan fingerprint density at radius 3 is 2.33 bits per heavy atom. The minimum absolute atomic E-state index is 0.0240. The Hall–Kier alpha value is -2.29. The van der Waals surface area contributed by atoms with Gasteiger partial charge in [-0.05, 0) is 35.7 Å². The Balaban J connectivity index is 2.12. The van der Waals surface area contributed by atoms with Gasteiger partial charge in [0.05, 0.1) is 7.11 Å². The molecule has 0 unspecified atom stereocenters. The first kappa shape index (κ1) is 13.7. The second-order valence-electron chi connectivity index (χ2n) is 6.15. The van der Waals surface area contributed by atoms with Crippen molar-refractivity contribution in [3.8, 4) is 17.2 Å². The van der Waals surface area contributed by atoms with Crippen molar-refractivity contribution in [3.05, 3.63) is 48.0 Å². The largest absolute Gasteiger partial charge is 0.497 e. The molecule has 0 bridgehead atoms. The number of hydrogen-bond acceptors (Lipinski definition) is 3. The molecule has 0 fully saturated rings. The van der Waals surface area contributed by atoms with Crippen molar-refractivity contribution in [2.24, 2.45) is 0 Å². The van der Waals surface area contributed by atoms with Crippen molar-refractivity contribution in [3.63, 3.8) is 0 Å². The third-order valence-electron chi connectivity index (χ3n) is 3.56. The molecule has 0 radical (unpaired) electrons. The fourth-order valence-corrected chi connectivity index (χ4v) is 2.40. The smallest absolute Gasteiger partial charge is 0.227 e. The number of oxazole rings is 1. The summed E-state index contributed by atoms with van der Waals surface area (Å²) >= 11 is 0. The Bertz CT molecular complexity index is 764. The summed E-state index contributed by atoms with van der Waals surface area (Å²) in [5, 5.41) is 0. The third kappa shape index (κ3) is 2.51. The molecular weight excluding hydrogens is 262 g/mol. The fraction of sp³-hybridized carbons (Fsp3) is 0.278. The molecule has 0 aliphatic carbocycles. The van der Waals surface area contributed by atoms with E-state index in [1.54, 1.807) is 7.11 Å². The first-order valence-corrected chi connectivity index (χ1v) is 7.03. The molecule has 3 aromatic rings. The maximum atomic E-state index is 6.03. The highest BCUT2D eigenvalue weighted by Gasteiger charge is 2.20. The number of para-hydroxylation sites is 1. The minimum Gasteiger partial charge on any atom is -0.497 e. The van der Waals surface area contributed by atoms with Gasteiger partial charge in [0.15, 0.2) is 5.58 Å². The number of methoxy groups -OCH3 is 1. The van der Waals surface area contributed by atoms with E-state index in [2.05, 4.69) is 31.8 Å². The summed E-state index contributed by atoms with van der Waals surface area (Å²) in [4.78, 5) is 4.61. The number of fused-ring (bicyclic) bond motifs is 1. The summed E-state index contributed by atoms with van der Waals surface area (Å²) in [6, 6.07) is 13.9. The molecule has 3 nitrogen and oxygen atoms in total. The van der Waals surface area contributed by atoms with Crippen LogP contribution in [0.2, 0.25) is 0 Å². The van der Waals surface area contributed by atoms with Gasteiger partial charge in [-0.15, -0.1) is 0 Å². The van der Waals surface area contributed by atoms with Gasteiger partial charge >= 0.3 is 0 Å². The van der Waals surface area contributed by atoms with Crippen molar-refractivity contribution in [1.29, 1.82) is 0 Å². The van der Waals surface area contributed by atoms with Gasteiger partial charge in [-0.25, -0.2) is 4.98 Å². The quantitative estimate of drug-likeness (QED) is 0.676. The molecule has 0 atom stereocenters. The normalized spacial score (nSPS) is 11.8. The number of rotatable bonds is 2. The van der Waals surface area contributed by atoms with Gasteiger partial charge in [0.1, 0.15) is 11.3 Å². The lowest BCUT2D eigenvalue weighted by Gasteiger charge is -2.18. The van der Waals surface area contributed by atoms with Gasteiger partial charge in [0.2, 0.25) is 5.89 Å². The average Bonchev–Trinajstić information content (AvgIpc) is 2.90. The summed E-state index contributed by atoms with van der Waals surface area (Å²) in [6.07, 6.45) is 0. The van der Waals surface area contributed by atoms with Crippen LogP contribution in [0.25, 0.3) is 22.6 Å². The van der Waals surface area contributed by atoms with E-state index in [1.807, 2.05) is 36.4 Å². The van der Waals surface area contributed by atoms with Crippen molar-refractivity contribution < 1.29 is 9.15 Å². The summed E-state index contributed by atoms with van der Waals surface area (Å²) in [5.74, 6) is 1.47. The zero-order chi connectivity index (χ0) is 15.0. The van der Waals surface area contributed by atoms with Gasteiger partial charge < -0.3 is 9.15 Å². The lowest BCUT2D eigenvalue weighted by Crippen LogP contribution is -2.10. The number of ether oxygens (including phenoxy) is 1. The average molecular weight is 281 g/mol. The van der Waals surface area contributed by atoms with E-state index in [0.29, 0.717) is 5.89 Å². The second-order valence-corrected chi connectivity index (χ2v) is 6.15. The molecule has 0 saturated carbocycles. The van der Waals surface area contributed by atoms with E-state index in [9.17, 15) is 0 Å². The predicted octanol–water partition coefficient (Wildman–Crippen LogP) is 4.80. The van der Waals surface area contributed by atoms with E-state index >= 15 is 0 Å². The molecule has 0 saturated heterocycles. The lowest BCUT2D eigenvalue weighted by atomic mass is 9.86. The SMILES string of the molecule is COc1ccc(-c2nc3cccc(C(C)(C)C)c3o2)cc1. The highest BCUT2D eigenvalue weighted by molar-refractivity contribution is 5.80. The third-order valence-corrected chi connectivity index (χ3v) is 3.56. The van der Waals surface area contributed by atoms with Crippen molar-refractivity contribution in [1.82, 2.24) is 4.98 Å². The molecule has 1 aromatic heterocycles. The summed E-state index contributed by atoms with van der Waals surface area (Å²) in [7, 11) is 1.66. The molecule has 21 heavy (non-hydrogen) atoms. The summed E-state index contributed by atoms with van der Waals surface area (Å²) in [5.41, 5.74) is 3.92. The molecule has 1 heterocycles. The monoisotopic (exact) mass is 281 g/mol. The van der Waals surface area contributed by atoms with Crippen LogP contribution in [0.15, 0.2) is 46.9 Å². The summed E-state index contributed by atoms with van der Waals surface area (Å²) in [6.45, 7) is 6.53.